The predicted octanol–water partition coefficient (Wildman–Crippen LogP) is 7.69. The summed E-state index contributed by atoms with van der Waals surface area (Å²) in [5.41, 5.74) is 0. The van der Waals surface area contributed by atoms with Gasteiger partial charge in [0.1, 0.15) is 0 Å². The Hall–Kier alpha value is 0.0200. The summed E-state index contributed by atoms with van der Waals surface area (Å²) in [5.74, 6) is -0.0595. The number of carbonyl (C=O) groups is 1. The molecule has 0 spiro atoms. The van der Waals surface area contributed by atoms with Gasteiger partial charge >= 0.3 is 7.82 Å². The molecule has 2 atom stereocenters. The molecule has 9 heteroatoms. The molecule has 0 radical (unpaired) electrons. The lowest BCUT2D eigenvalue weighted by atomic mass is 10.0. The lowest BCUT2D eigenvalue weighted by Gasteiger charge is -2.20. The molecule has 0 bridgehead atoms. The summed E-state index contributed by atoms with van der Waals surface area (Å²) in [6, 6.07) is 0. The van der Waals surface area contributed by atoms with Crippen molar-refractivity contribution >= 4 is 29.7 Å². The summed E-state index contributed by atoms with van der Waals surface area (Å²) >= 11 is 3.14. The van der Waals surface area contributed by atoms with Gasteiger partial charge in [-0.05, 0) is 12.8 Å². The van der Waals surface area contributed by atoms with Crippen molar-refractivity contribution in [1.82, 2.24) is 5.32 Å². The molecule has 210 valence electrons. The molecule has 0 saturated carbocycles. The van der Waals surface area contributed by atoms with Gasteiger partial charge in [0.25, 0.3) is 0 Å². The van der Waals surface area contributed by atoms with Crippen LogP contribution in [-0.4, -0.2) is 48.6 Å². The first-order valence-corrected chi connectivity index (χ1v) is 16.6. The number of alkyl halides is 1. The third-order valence-electron chi connectivity index (χ3n) is 5.86. The number of phosphoric acid groups is 1. The normalized spacial score (nSPS) is 14.1. The van der Waals surface area contributed by atoms with Crippen LogP contribution in [0.1, 0.15) is 123 Å². The molecule has 0 fully saturated rings. The summed E-state index contributed by atoms with van der Waals surface area (Å²) < 4.78 is 27.6. The lowest BCUT2D eigenvalue weighted by molar-refractivity contribution is -0.122. The molecule has 0 saturated heterocycles. The van der Waals surface area contributed by atoms with Crippen molar-refractivity contribution < 1.29 is 28.0 Å². The number of ether oxygens (including phenoxy) is 1. The Morgan fingerprint density at radius 3 is 1.80 bits per heavy atom. The molecule has 0 aromatic rings. The Morgan fingerprint density at radius 1 is 0.800 bits per heavy atom. The first-order valence-electron chi connectivity index (χ1n) is 14.0. The Morgan fingerprint density at radius 2 is 1.31 bits per heavy atom. The van der Waals surface area contributed by atoms with Crippen LogP contribution in [-0.2, 0) is 23.1 Å². The van der Waals surface area contributed by atoms with Crippen LogP contribution in [0.25, 0.3) is 0 Å². The van der Waals surface area contributed by atoms with Crippen molar-refractivity contribution in [3.05, 3.63) is 0 Å². The molecule has 0 aliphatic rings. The van der Waals surface area contributed by atoms with Crippen LogP contribution in [0, 0.1) is 0 Å². The third-order valence-corrected chi connectivity index (χ3v) is 7.17. The molecular weight excluding hydrogens is 533 g/mol. The zero-order chi connectivity index (χ0) is 26.0. The van der Waals surface area contributed by atoms with E-state index in [4.69, 9.17) is 13.8 Å². The van der Waals surface area contributed by atoms with E-state index in [9.17, 15) is 14.3 Å². The summed E-state index contributed by atoms with van der Waals surface area (Å²) in [4.78, 5) is 21.5. The van der Waals surface area contributed by atoms with Gasteiger partial charge in [0.15, 0.2) is 0 Å². The van der Waals surface area contributed by atoms with Gasteiger partial charge in [-0.3, -0.25) is 13.8 Å². The van der Waals surface area contributed by atoms with Gasteiger partial charge in [-0.2, -0.15) is 0 Å². The molecule has 0 heterocycles. The zero-order valence-corrected chi connectivity index (χ0v) is 24.9. The Labute approximate surface area is 223 Å². The van der Waals surface area contributed by atoms with Crippen LogP contribution in [0.2, 0.25) is 0 Å². The number of unbranched alkanes of at least 4 members (excludes halogenated alkanes) is 14. The number of hydrogen-bond acceptors (Lipinski definition) is 5. The van der Waals surface area contributed by atoms with Gasteiger partial charge in [-0.15, -0.1) is 0 Å². The van der Waals surface area contributed by atoms with Gasteiger partial charge in [0.05, 0.1) is 19.3 Å². The molecule has 7 nitrogen and oxygen atoms in total. The molecule has 35 heavy (non-hydrogen) atoms. The summed E-state index contributed by atoms with van der Waals surface area (Å²) in [7, 11) is -4.12. The van der Waals surface area contributed by atoms with Gasteiger partial charge in [-0.1, -0.05) is 120 Å². The second-order valence-corrected chi connectivity index (χ2v) is 11.5. The van der Waals surface area contributed by atoms with E-state index < -0.39 is 13.9 Å². The smallest absolute Gasteiger partial charge is 0.374 e. The van der Waals surface area contributed by atoms with Crippen molar-refractivity contribution in [2.24, 2.45) is 0 Å². The summed E-state index contributed by atoms with van der Waals surface area (Å²) in [6.45, 7) is 4.95. The molecule has 0 aliphatic carbocycles. The van der Waals surface area contributed by atoms with Crippen LogP contribution < -0.4 is 5.32 Å². The van der Waals surface area contributed by atoms with E-state index in [0.29, 0.717) is 18.4 Å². The van der Waals surface area contributed by atoms with Crippen molar-refractivity contribution in [3.8, 4) is 0 Å². The minimum atomic E-state index is -4.12. The first-order chi connectivity index (χ1) is 16.9. The highest BCUT2D eigenvalue weighted by molar-refractivity contribution is 9.09. The van der Waals surface area contributed by atoms with Gasteiger partial charge in [0.2, 0.25) is 5.91 Å². The van der Waals surface area contributed by atoms with Gasteiger partial charge in [-0.25, -0.2) is 4.57 Å². The van der Waals surface area contributed by atoms with Crippen molar-refractivity contribution in [2.75, 3.05) is 31.7 Å². The average molecular weight is 587 g/mol. The molecule has 0 aromatic carbocycles. The maximum absolute atomic E-state index is 11.9. The molecule has 0 aliphatic heterocycles. The number of nitrogens with one attached hydrogen (secondary N) is 1. The Bertz CT molecular complexity index is 526. The monoisotopic (exact) mass is 585 g/mol. The van der Waals surface area contributed by atoms with Crippen LogP contribution in [0.5, 0.6) is 0 Å². The van der Waals surface area contributed by atoms with Crippen molar-refractivity contribution in [2.45, 2.75) is 129 Å². The fourth-order valence-corrected chi connectivity index (χ4v) is 4.96. The highest BCUT2D eigenvalue weighted by Crippen LogP contribution is 2.43. The largest absolute Gasteiger partial charge is 0.472 e. The number of carbonyl (C=O) groups excluding carboxylic acids is 1. The minimum absolute atomic E-state index is 0.0595. The molecular formula is C26H53BrNO6P. The Kier molecular flexibility index (Phi) is 25.7. The summed E-state index contributed by atoms with van der Waals surface area (Å²) in [6.07, 6.45) is 20.3. The van der Waals surface area contributed by atoms with Gasteiger partial charge in [0, 0.05) is 24.9 Å². The summed E-state index contributed by atoms with van der Waals surface area (Å²) in [5, 5.41) is 3.24. The number of rotatable bonds is 27. The van der Waals surface area contributed by atoms with E-state index in [-0.39, 0.29) is 25.7 Å². The first kappa shape index (κ1) is 35.0. The fraction of sp³-hybridized carbons (Fsp3) is 0.962. The van der Waals surface area contributed by atoms with Crippen molar-refractivity contribution in [1.29, 1.82) is 0 Å². The van der Waals surface area contributed by atoms with E-state index in [0.717, 1.165) is 19.3 Å². The predicted molar refractivity (Wildman–Crippen MR) is 148 cm³/mol. The molecule has 1 amide bonds. The van der Waals surface area contributed by atoms with E-state index in [1.54, 1.807) is 0 Å². The van der Waals surface area contributed by atoms with E-state index >= 15 is 0 Å². The topological polar surface area (TPSA) is 94.1 Å². The van der Waals surface area contributed by atoms with Crippen LogP contribution in [0.3, 0.4) is 0 Å². The number of amides is 1. The zero-order valence-electron chi connectivity index (χ0n) is 22.4. The maximum atomic E-state index is 11.9. The highest BCUT2D eigenvalue weighted by Gasteiger charge is 2.23. The Balaban J connectivity index is 3.85. The molecule has 0 rings (SSSR count). The maximum Gasteiger partial charge on any atom is 0.472 e. The molecule has 2 N–H and O–H groups in total. The fourth-order valence-electron chi connectivity index (χ4n) is 3.80. The third kappa shape index (κ3) is 25.5. The van der Waals surface area contributed by atoms with E-state index in [1.165, 1.54) is 83.5 Å². The molecule has 2 unspecified atom stereocenters. The lowest BCUT2D eigenvalue weighted by Crippen LogP contribution is -2.36. The highest BCUT2D eigenvalue weighted by atomic mass is 79.9. The SMILES string of the molecule is CCCCCCCCCCCCCCCCCOC(CNC(=O)CCC)COP(=O)(O)OCCBr. The van der Waals surface area contributed by atoms with Crippen LogP contribution in [0.4, 0.5) is 0 Å². The number of hydrogen-bond donors (Lipinski definition) is 2. The quantitative estimate of drug-likeness (QED) is 0.0582. The van der Waals surface area contributed by atoms with Crippen LogP contribution >= 0.6 is 23.8 Å². The van der Waals surface area contributed by atoms with Crippen LogP contribution in [0.15, 0.2) is 0 Å². The average Bonchev–Trinajstić information content (AvgIpc) is 2.83. The minimum Gasteiger partial charge on any atom is -0.374 e. The number of phosphoric ester groups is 1. The van der Waals surface area contributed by atoms with E-state index in [1.807, 2.05) is 6.92 Å². The molecule has 0 aromatic heterocycles. The van der Waals surface area contributed by atoms with E-state index in [2.05, 4.69) is 28.2 Å². The second kappa shape index (κ2) is 25.7. The number of halogens is 1. The van der Waals surface area contributed by atoms with Crippen molar-refractivity contribution in [3.63, 3.8) is 0 Å². The second-order valence-electron chi connectivity index (χ2n) is 9.28. The standard InChI is InChI=1S/C26H53BrNO6P/c1-3-5-6-7-8-9-10-11-12-13-14-15-16-17-18-21-32-25(23-28-26(29)19-4-2)24-34-35(30,31)33-22-20-27/h25H,3-24H2,1-2H3,(H,28,29)(H,30,31). The van der Waals surface area contributed by atoms with Gasteiger partial charge < -0.3 is 14.9 Å².